The van der Waals surface area contributed by atoms with E-state index in [1.54, 1.807) is 36.4 Å². The molecule has 2 amide bonds. The number of carbonyl (C=O) groups excluding carboxylic acids is 2. The first-order valence-electron chi connectivity index (χ1n) is 8.33. The molecular weight excluding hydrogens is 348 g/mol. The summed E-state index contributed by atoms with van der Waals surface area (Å²) in [6.45, 7) is 2.14. The lowest BCUT2D eigenvalue weighted by atomic mass is 10.2. The van der Waals surface area contributed by atoms with E-state index < -0.39 is 5.91 Å². The van der Waals surface area contributed by atoms with Gasteiger partial charge in [-0.25, -0.2) is 0 Å². The van der Waals surface area contributed by atoms with E-state index in [0.717, 1.165) is 5.56 Å². The van der Waals surface area contributed by atoms with Crippen LogP contribution in [0.5, 0.6) is 17.2 Å². The number of nitrogens with one attached hydrogen (secondary N) is 1. The average Bonchev–Trinajstić information content (AvgIpc) is 2.66. The van der Waals surface area contributed by atoms with Crippen LogP contribution >= 0.6 is 0 Å². The molecule has 7 nitrogen and oxygen atoms in total. The Bertz CT molecular complexity index is 833. The quantitative estimate of drug-likeness (QED) is 0.661. The monoisotopic (exact) mass is 370 g/mol. The lowest BCUT2D eigenvalue weighted by molar-refractivity contribution is -0.120. The summed E-state index contributed by atoms with van der Waals surface area (Å²) < 4.78 is 16.0. The second-order valence-electron chi connectivity index (χ2n) is 5.42. The number of ether oxygens (including phenoxy) is 3. The Kier molecular flexibility index (Phi) is 7.25. The molecule has 2 aromatic carbocycles. The van der Waals surface area contributed by atoms with Gasteiger partial charge >= 0.3 is 0 Å². The number of hydrogen-bond acceptors (Lipinski definition) is 5. The number of methoxy groups -OCH3 is 1. The molecule has 0 heterocycles. The van der Waals surface area contributed by atoms with Gasteiger partial charge < -0.3 is 25.3 Å². The maximum absolute atomic E-state index is 12.2. The van der Waals surface area contributed by atoms with E-state index in [1.165, 1.54) is 13.2 Å². The number of primary amides is 1. The molecule has 0 aliphatic heterocycles. The molecule has 0 unspecified atom stereocenters. The van der Waals surface area contributed by atoms with E-state index >= 15 is 0 Å². The number of amides is 2. The topological polar surface area (TPSA) is 99.9 Å². The average molecular weight is 370 g/mol. The van der Waals surface area contributed by atoms with Crippen molar-refractivity contribution >= 4 is 23.6 Å². The van der Waals surface area contributed by atoms with Gasteiger partial charge in [0, 0.05) is 6.08 Å². The molecule has 0 aliphatic rings. The van der Waals surface area contributed by atoms with Crippen molar-refractivity contribution in [2.75, 3.05) is 25.6 Å². The van der Waals surface area contributed by atoms with Crippen LogP contribution in [-0.2, 0) is 9.59 Å². The van der Waals surface area contributed by atoms with E-state index in [4.69, 9.17) is 19.9 Å². The first-order chi connectivity index (χ1) is 13.0. The third-order valence-electron chi connectivity index (χ3n) is 3.43. The van der Waals surface area contributed by atoms with Gasteiger partial charge in [0.2, 0.25) is 5.91 Å². The Labute approximate surface area is 157 Å². The Morgan fingerprint density at radius 2 is 1.85 bits per heavy atom. The number of hydrogen-bond donors (Lipinski definition) is 2. The lowest BCUT2D eigenvalue weighted by Gasteiger charge is -2.10. The van der Waals surface area contributed by atoms with Crippen LogP contribution in [-0.4, -0.2) is 32.1 Å². The number of rotatable bonds is 9. The van der Waals surface area contributed by atoms with Gasteiger partial charge in [0.15, 0.2) is 18.1 Å². The van der Waals surface area contributed by atoms with Crippen LogP contribution in [0.2, 0.25) is 0 Å². The highest BCUT2D eigenvalue weighted by molar-refractivity contribution is 6.02. The van der Waals surface area contributed by atoms with Crippen LogP contribution in [0.4, 0.5) is 5.69 Å². The minimum atomic E-state index is -0.579. The molecule has 0 atom stereocenters. The summed E-state index contributed by atoms with van der Waals surface area (Å²) in [6, 6.07) is 12.3. The highest BCUT2D eigenvalue weighted by Gasteiger charge is 2.07. The van der Waals surface area contributed by atoms with Gasteiger partial charge in [0.25, 0.3) is 5.91 Å². The predicted octanol–water partition coefficient (Wildman–Crippen LogP) is 2.61. The van der Waals surface area contributed by atoms with Gasteiger partial charge in [-0.3, -0.25) is 9.59 Å². The number of para-hydroxylation sites is 2. The third-order valence-corrected chi connectivity index (χ3v) is 3.43. The van der Waals surface area contributed by atoms with Gasteiger partial charge in [-0.1, -0.05) is 18.2 Å². The molecule has 27 heavy (non-hydrogen) atoms. The van der Waals surface area contributed by atoms with Gasteiger partial charge in [-0.05, 0) is 42.8 Å². The van der Waals surface area contributed by atoms with Crippen molar-refractivity contribution in [2.24, 2.45) is 5.73 Å². The Balaban J connectivity index is 2.06. The zero-order valence-corrected chi connectivity index (χ0v) is 15.2. The second kappa shape index (κ2) is 9.86. The number of carbonyl (C=O) groups is 2. The van der Waals surface area contributed by atoms with Gasteiger partial charge in [0.1, 0.15) is 5.75 Å². The molecule has 0 saturated heterocycles. The summed E-state index contributed by atoms with van der Waals surface area (Å²) >= 11 is 0. The fourth-order valence-electron chi connectivity index (χ4n) is 2.25. The zero-order chi connectivity index (χ0) is 19.6. The van der Waals surface area contributed by atoms with E-state index in [2.05, 4.69) is 5.32 Å². The molecule has 0 aromatic heterocycles. The summed E-state index contributed by atoms with van der Waals surface area (Å²) in [4.78, 5) is 23.0. The molecule has 142 valence electrons. The van der Waals surface area contributed by atoms with Crippen LogP contribution in [0.3, 0.4) is 0 Å². The predicted molar refractivity (Wildman–Crippen MR) is 103 cm³/mol. The Morgan fingerprint density at radius 1 is 1.07 bits per heavy atom. The number of nitrogens with two attached hydrogens (primary N) is 1. The van der Waals surface area contributed by atoms with Gasteiger partial charge in [0.05, 0.1) is 19.4 Å². The Morgan fingerprint density at radius 3 is 2.56 bits per heavy atom. The minimum Gasteiger partial charge on any atom is -0.493 e. The summed E-state index contributed by atoms with van der Waals surface area (Å²) in [6.07, 6.45) is 3.04. The summed E-state index contributed by atoms with van der Waals surface area (Å²) in [7, 11) is 1.48. The summed E-state index contributed by atoms with van der Waals surface area (Å²) in [5.74, 6) is 0.559. The molecule has 2 rings (SSSR count). The molecule has 7 heteroatoms. The molecule has 2 aromatic rings. The van der Waals surface area contributed by atoms with Crippen LogP contribution in [0.25, 0.3) is 6.08 Å². The van der Waals surface area contributed by atoms with E-state index in [-0.39, 0.29) is 12.5 Å². The first-order valence-corrected chi connectivity index (χ1v) is 8.33. The SMILES string of the molecule is CCOc1ccccc1NC(=O)C=Cc1ccc(OCC(N)=O)c(OC)c1. The van der Waals surface area contributed by atoms with Gasteiger partial charge in [-0.2, -0.15) is 0 Å². The third kappa shape index (κ3) is 6.07. The maximum Gasteiger partial charge on any atom is 0.255 e. The van der Waals surface area contributed by atoms with Crippen molar-refractivity contribution < 1.29 is 23.8 Å². The van der Waals surface area contributed by atoms with Crippen LogP contribution in [0, 0.1) is 0 Å². The number of benzene rings is 2. The molecule has 0 saturated carbocycles. The normalized spacial score (nSPS) is 10.4. The molecule has 0 bridgehead atoms. The minimum absolute atomic E-state index is 0.243. The van der Waals surface area contributed by atoms with Crippen molar-refractivity contribution in [3.63, 3.8) is 0 Å². The van der Waals surface area contributed by atoms with E-state index in [9.17, 15) is 9.59 Å². The first kappa shape index (κ1) is 19.8. The van der Waals surface area contributed by atoms with E-state index in [1.807, 2.05) is 19.1 Å². The number of anilines is 1. The fraction of sp³-hybridized carbons (Fsp3) is 0.200. The maximum atomic E-state index is 12.2. The second-order valence-corrected chi connectivity index (χ2v) is 5.42. The van der Waals surface area contributed by atoms with E-state index in [0.29, 0.717) is 29.5 Å². The Hall–Kier alpha value is -3.48. The van der Waals surface area contributed by atoms with Crippen molar-refractivity contribution in [2.45, 2.75) is 6.92 Å². The van der Waals surface area contributed by atoms with Crippen LogP contribution in [0.1, 0.15) is 12.5 Å². The van der Waals surface area contributed by atoms with Crippen molar-refractivity contribution in [1.82, 2.24) is 0 Å². The summed E-state index contributed by atoms with van der Waals surface area (Å²) in [5, 5.41) is 2.78. The highest BCUT2D eigenvalue weighted by Crippen LogP contribution is 2.28. The summed E-state index contributed by atoms with van der Waals surface area (Å²) in [5.41, 5.74) is 6.39. The fourth-order valence-corrected chi connectivity index (χ4v) is 2.25. The van der Waals surface area contributed by atoms with Crippen molar-refractivity contribution in [3.8, 4) is 17.2 Å². The van der Waals surface area contributed by atoms with Crippen LogP contribution in [0.15, 0.2) is 48.5 Å². The molecule has 0 radical (unpaired) electrons. The smallest absolute Gasteiger partial charge is 0.255 e. The van der Waals surface area contributed by atoms with Crippen molar-refractivity contribution in [1.29, 1.82) is 0 Å². The highest BCUT2D eigenvalue weighted by atomic mass is 16.5. The lowest BCUT2D eigenvalue weighted by Crippen LogP contribution is -2.20. The van der Waals surface area contributed by atoms with Crippen molar-refractivity contribution in [3.05, 3.63) is 54.1 Å². The molecule has 0 aliphatic carbocycles. The largest absolute Gasteiger partial charge is 0.493 e. The molecule has 0 fully saturated rings. The standard InChI is InChI=1S/C20H22N2O5/c1-3-26-16-7-5-4-6-15(16)22-20(24)11-9-14-8-10-17(18(12-14)25-2)27-13-19(21)23/h4-12H,3,13H2,1-2H3,(H2,21,23)(H,22,24). The van der Waals surface area contributed by atoms with Gasteiger partial charge in [-0.15, -0.1) is 0 Å². The van der Waals surface area contributed by atoms with Crippen LogP contribution < -0.4 is 25.3 Å². The molecule has 3 N–H and O–H groups in total. The molecular formula is C20H22N2O5. The zero-order valence-electron chi connectivity index (χ0n) is 15.2. The molecule has 0 spiro atoms.